The third kappa shape index (κ3) is 4.00. The molecule has 0 spiro atoms. The first-order valence-corrected chi connectivity index (χ1v) is 7.99. The van der Waals surface area contributed by atoms with Crippen molar-refractivity contribution in [3.8, 4) is 5.69 Å². The minimum absolute atomic E-state index is 0.250. The molecule has 2 aromatic carbocycles. The van der Waals surface area contributed by atoms with E-state index in [4.69, 9.17) is 0 Å². The van der Waals surface area contributed by atoms with Crippen LogP contribution in [0, 0.1) is 18.6 Å². The van der Waals surface area contributed by atoms with Crippen LogP contribution in [-0.2, 0) is 11.3 Å². The van der Waals surface area contributed by atoms with Crippen LogP contribution in [0.4, 0.5) is 14.5 Å². The Balaban J connectivity index is 1.86. The van der Waals surface area contributed by atoms with Gasteiger partial charge >= 0.3 is 11.1 Å². The Kier molecular flexibility index (Phi) is 4.98. The topological polar surface area (TPSA) is 73.1 Å². The summed E-state index contributed by atoms with van der Waals surface area (Å²) in [6, 6.07) is 9.03. The summed E-state index contributed by atoms with van der Waals surface area (Å²) in [5.41, 5.74) is -0.598. The number of aryl methyl sites for hydroxylation is 1. The van der Waals surface area contributed by atoms with E-state index in [0.717, 1.165) is 15.2 Å². The van der Waals surface area contributed by atoms with Crippen LogP contribution < -0.4 is 16.4 Å². The molecule has 27 heavy (non-hydrogen) atoms. The zero-order valence-electron chi connectivity index (χ0n) is 14.3. The Morgan fingerprint density at radius 2 is 1.63 bits per heavy atom. The van der Waals surface area contributed by atoms with Gasteiger partial charge in [0, 0.05) is 18.1 Å². The van der Waals surface area contributed by atoms with E-state index in [1.165, 1.54) is 48.8 Å². The lowest BCUT2D eigenvalue weighted by molar-refractivity contribution is -0.116. The van der Waals surface area contributed by atoms with Gasteiger partial charge in [0.15, 0.2) is 0 Å². The quantitative estimate of drug-likeness (QED) is 0.715. The molecule has 3 rings (SSSR count). The third-order valence-electron chi connectivity index (χ3n) is 3.93. The molecule has 0 aliphatic carbocycles. The normalized spacial score (nSPS) is 10.6. The molecular formula is C19H15F2N3O3. The fourth-order valence-corrected chi connectivity index (χ4v) is 2.55. The van der Waals surface area contributed by atoms with Crippen LogP contribution in [-0.4, -0.2) is 15.0 Å². The average Bonchev–Trinajstić information content (AvgIpc) is 2.63. The molecule has 0 unspecified atom stereocenters. The molecule has 3 aromatic rings. The number of amides is 1. The Bertz CT molecular complexity index is 1120. The van der Waals surface area contributed by atoms with Crippen molar-refractivity contribution in [1.82, 2.24) is 9.13 Å². The first-order valence-electron chi connectivity index (χ1n) is 7.99. The first-order chi connectivity index (χ1) is 12.8. The maximum Gasteiger partial charge on any atom is 0.320 e. The van der Waals surface area contributed by atoms with E-state index in [1.807, 2.05) is 0 Å². The van der Waals surface area contributed by atoms with Gasteiger partial charge in [0.05, 0.1) is 5.69 Å². The SMILES string of the molecule is Cc1ccc(F)cc1-n1ccn(CC(=O)Nc2ccc(F)cc2)c(=O)c1=O. The van der Waals surface area contributed by atoms with Crippen molar-refractivity contribution >= 4 is 11.6 Å². The van der Waals surface area contributed by atoms with Crippen LogP contribution in [0.5, 0.6) is 0 Å². The van der Waals surface area contributed by atoms with Crippen LogP contribution >= 0.6 is 0 Å². The first kappa shape index (κ1) is 18.2. The van der Waals surface area contributed by atoms with Crippen molar-refractivity contribution in [2.45, 2.75) is 13.5 Å². The number of benzene rings is 2. The van der Waals surface area contributed by atoms with Crippen LogP contribution in [0.1, 0.15) is 5.56 Å². The second kappa shape index (κ2) is 7.36. The summed E-state index contributed by atoms with van der Waals surface area (Å²) in [7, 11) is 0. The molecule has 1 amide bonds. The van der Waals surface area contributed by atoms with Gasteiger partial charge in [0.1, 0.15) is 18.2 Å². The van der Waals surface area contributed by atoms with Crippen LogP contribution in [0.3, 0.4) is 0 Å². The molecular weight excluding hydrogens is 356 g/mol. The van der Waals surface area contributed by atoms with Crippen molar-refractivity contribution in [3.63, 3.8) is 0 Å². The number of halogens is 2. The van der Waals surface area contributed by atoms with Gasteiger partial charge in [-0.05, 0) is 48.9 Å². The highest BCUT2D eigenvalue weighted by molar-refractivity contribution is 5.90. The largest absolute Gasteiger partial charge is 0.325 e. The van der Waals surface area contributed by atoms with Crippen molar-refractivity contribution in [2.75, 3.05) is 5.32 Å². The van der Waals surface area contributed by atoms with Gasteiger partial charge in [0.25, 0.3) is 0 Å². The Morgan fingerprint density at radius 3 is 2.33 bits per heavy atom. The van der Waals surface area contributed by atoms with Crippen LogP contribution in [0.2, 0.25) is 0 Å². The minimum Gasteiger partial charge on any atom is -0.325 e. The van der Waals surface area contributed by atoms with Crippen molar-refractivity contribution in [2.24, 2.45) is 0 Å². The zero-order valence-corrected chi connectivity index (χ0v) is 14.3. The molecule has 8 heteroatoms. The zero-order chi connectivity index (χ0) is 19.6. The molecule has 138 valence electrons. The number of carbonyl (C=O) groups excluding carboxylic acids is 1. The van der Waals surface area contributed by atoms with Gasteiger partial charge in [-0.2, -0.15) is 0 Å². The lowest BCUT2D eigenvalue weighted by Gasteiger charge is -2.11. The average molecular weight is 371 g/mol. The molecule has 0 aliphatic heterocycles. The van der Waals surface area contributed by atoms with Gasteiger partial charge in [0.2, 0.25) is 5.91 Å². The smallest absolute Gasteiger partial charge is 0.320 e. The molecule has 1 N–H and O–H groups in total. The third-order valence-corrected chi connectivity index (χ3v) is 3.93. The highest BCUT2D eigenvalue weighted by Gasteiger charge is 2.12. The number of aromatic nitrogens is 2. The molecule has 0 saturated carbocycles. The van der Waals surface area contributed by atoms with Crippen molar-refractivity contribution in [3.05, 3.63) is 92.8 Å². The van der Waals surface area contributed by atoms with E-state index in [1.54, 1.807) is 6.92 Å². The second-order valence-corrected chi connectivity index (χ2v) is 5.89. The number of nitrogens with zero attached hydrogens (tertiary/aromatic N) is 2. The number of hydrogen-bond acceptors (Lipinski definition) is 3. The maximum absolute atomic E-state index is 13.5. The Morgan fingerprint density at radius 1 is 0.963 bits per heavy atom. The van der Waals surface area contributed by atoms with E-state index in [0.29, 0.717) is 11.3 Å². The number of anilines is 1. The summed E-state index contributed by atoms with van der Waals surface area (Å²) in [5, 5.41) is 2.50. The Hall–Kier alpha value is -3.55. The molecule has 0 radical (unpaired) electrons. The van der Waals surface area contributed by atoms with E-state index < -0.39 is 35.2 Å². The van der Waals surface area contributed by atoms with Crippen LogP contribution in [0.25, 0.3) is 5.69 Å². The molecule has 0 atom stereocenters. The van der Waals surface area contributed by atoms with Gasteiger partial charge in [-0.15, -0.1) is 0 Å². The number of hydrogen-bond donors (Lipinski definition) is 1. The summed E-state index contributed by atoms with van der Waals surface area (Å²) in [4.78, 5) is 36.7. The minimum atomic E-state index is -0.921. The molecule has 6 nitrogen and oxygen atoms in total. The highest BCUT2D eigenvalue weighted by Crippen LogP contribution is 2.13. The second-order valence-electron chi connectivity index (χ2n) is 5.89. The predicted octanol–water partition coefficient (Wildman–Crippen LogP) is 2.22. The summed E-state index contributed by atoms with van der Waals surface area (Å²) in [6.45, 7) is 1.29. The molecule has 1 heterocycles. The molecule has 0 bridgehead atoms. The van der Waals surface area contributed by atoms with Crippen LogP contribution in [0.15, 0.2) is 64.4 Å². The molecule has 0 fully saturated rings. The summed E-state index contributed by atoms with van der Waals surface area (Å²) < 4.78 is 28.3. The maximum atomic E-state index is 13.5. The standard InChI is InChI=1S/C19H15F2N3O3/c1-12-2-3-14(21)10-16(12)24-9-8-23(18(26)19(24)27)11-17(25)22-15-6-4-13(20)5-7-15/h2-10H,11H2,1H3,(H,22,25). The van der Waals surface area contributed by atoms with E-state index in [9.17, 15) is 23.2 Å². The summed E-state index contributed by atoms with van der Waals surface area (Å²) in [5.74, 6) is -1.53. The molecule has 1 aromatic heterocycles. The van der Waals surface area contributed by atoms with E-state index in [2.05, 4.69) is 5.32 Å². The van der Waals surface area contributed by atoms with Gasteiger partial charge < -0.3 is 5.32 Å². The number of rotatable bonds is 4. The van der Waals surface area contributed by atoms with E-state index in [-0.39, 0.29) is 5.69 Å². The Labute approximate surface area is 152 Å². The fraction of sp³-hybridized carbons (Fsp3) is 0.105. The van der Waals surface area contributed by atoms with Crippen molar-refractivity contribution < 1.29 is 13.6 Å². The highest BCUT2D eigenvalue weighted by atomic mass is 19.1. The number of carbonyl (C=O) groups is 1. The van der Waals surface area contributed by atoms with Gasteiger partial charge in [-0.3, -0.25) is 23.5 Å². The van der Waals surface area contributed by atoms with Gasteiger partial charge in [-0.1, -0.05) is 6.07 Å². The number of nitrogens with one attached hydrogen (secondary N) is 1. The lowest BCUT2D eigenvalue weighted by Crippen LogP contribution is -2.41. The molecule has 0 aliphatic rings. The summed E-state index contributed by atoms with van der Waals surface area (Å²) >= 11 is 0. The molecule has 0 saturated heterocycles. The predicted molar refractivity (Wildman–Crippen MR) is 96.0 cm³/mol. The lowest BCUT2D eigenvalue weighted by atomic mass is 10.2. The van der Waals surface area contributed by atoms with Gasteiger partial charge in [-0.25, -0.2) is 8.78 Å². The monoisotopic (exact) mass is 371 g/mol. The fourth-order valence-electron chi connectivity index (χ4n) is 2.55. The van der Waals surface area contributed by atoms with E-state index >= 15 is 0 Å². The summed E-state index contributed by atoms with van der Waals surface area (Å²) in [6.07, 6.45) is 2.58. The van der Waals surface area contributed by atoms with Crippen molar-refractivity contribution in [1.29, 1.82) is 0 Å².